The molecule has 2 aromatic heterocycles. The minimum absolute atomic E-state index is 0. The van der Waals surface area contributed by atoms with Gasteiger partial charge >= 0.3 is 106 Å². The molecule has 6 saturated carbocycles. The van der Waals surface area contributed by atoms with Crippen molar-refractivity contribution in [3.63, 3.8) is 0 Å². The summed E-state index contributed by atoms with van der Waals surface area (Å²) in [5, 5.41) is 14.3. The van der Waals surface area contributed by atoms with Gasteiger partial charge in [0.1, 0.15) is 17.8 Å². The van der Waals surface area contributed by atoms with Crippen molar-refractivity contribution in [2.45, 2.75) is 284 Å². The molecule has 0 unspecified atom stereocenters. The Balaban J connectivity index is 0.000000201. The summed E-state index contributed by atoms with van der Waals surface area (Å²) in [6.45, 7) is 6.50. The molecule has 15 rings (SSSR count). The van der Waals surface area contributed by atoms with Gasteiger partial charge in [-0.1, -0.05) is 265 Å². The summed E-state index contributed by atoms with van der Waals surface area (Å²) in [6.07, 6.45) is 51.5. The number of rotatable bonds is 18. The third kappa shape index (κ3) is 28.1. The zero-order valence-electron chi connectivity index (χ0n) is 66.5. The summed E-state index contributed by atoms with van der Waals surface area (Å²) in [4.78, 5) is 45.0. The Kier molecular flexibility index (Phi) is 42.3. The first-order valence-electron chi connectivity index (χ1n) is 40.4. The van der Waals surface area contributed by atoms with E-state index in [0.717, 1.165) is 27.0 Å². The normalized spacial score (nSPS) is 18.0. The minimum atomic E-state index is -0.390. The number of alkyl carbamates (subject to hydrolysis) is 2. The van der Waals surface area contributed by atoms with Crippen molar-refractivity contribution in [1.82, 2.24) is 20.6 Å². The molecule has 5 aromatic carbocycles. The second-order valence-corrected chi connectivity index (χ2v) is 40.2. The largest absolute Gasteiger partial charge is 1.00 e. The van der Waals surface area contributed by atoms with Gasteiger partial charge < -0.3 is 31.7 Å². The average molecular weight is 1730 g/mol. The van der Waals surface area contributed by atoms with E-state index in [1.165, 1.54) is 123 Å². The number of pyridine rings is 2. The first-order valence-corrected chi connectivity index (χ1v) is 48.3. The van der Waals surface area contributed by atoms with Crippen molar-refractivity contribution >= 4 is 69.5 Å². The monoisotopic (exact) mass is 1730 g/mol. The molecule has 6 fully saturated rings. The van der Waals surface area contributed by atoms with Crippen LogP contribution < -0.4 is 75.0 Å². The molecule has 2 amide bonds. The summed E-state index contributed by atoms with van der Waals surface area (Å²) >= 11 is 3.22. The number of hydrogen-bond donors (Lipinski definition) is 2. The predicted octanol–water partition coefficient (Wildman–Crippen LogP) is 18.7. The van der Waals surface area contributed by atoms with Crippen LogP contribution in [0, 0.1) is 6.92 Å². The van der Waals surface area contributed by atoms with E-state index in [-0.39, 0.29) is 119 Å². The SMILES string of the molecule is C1CCC(P(C2CCCCC2)C2CCCCC2)CC1.C1CCC(P(C2CCCCC2)C2CCCCC2)CC1.C[C@H](Cc1ccc(Br)nc1)NC(=O)OCC1c2ccccc2-c2ccccc21.Cc1ccccc1-c1ccc(C[C@@H](C)NC(=O)OCC2c3ccccc3-c3ccccc32)cn1.O=CO[O-].[Cl][Pd][Cl].[H-].[Na+].[Na+]. The number of hydrogen-bond acceptors (Lipinski definition) is 9. The zero-order chi connectivity index (χ0) is 75.0. The summed E-state index contributed by atoms with van der Waals surface area (Å²) in [6, 6.07) is 49.5. The first kappa shape index (κ1) is 91.5. The van der Waals surface area contributed by atoms with Gasteiger partial charge in [-0.2, -0.15) is 0 Å². The number of ether oxygens (including phenoxy) is 2. The van der Waals surface area contributed by atoms with Crippen LogP contribution in [0.3, 0.4) is 0 Å². The zero-order valence-corrected chi connectivity index (χ0v) is 75.9. The van der Waals surface area contributed by atoms with Gasteiger partial charge in [-0.05, 0) is 234 Å². The van der Waals surface area contributed by atoms with Crippen molar-refractivity contribution in [1.29, 1.82) is 0 Å². The van der Waals surface area contributed by atoms with Crippen LogP contribution in [-0.2, 0) is 47.9 Å². The number of amides is 2. The Morgan fingerprint density at radius 1 is 0.468 bits per heavy atom. The smallest absolute Gasteiger partial charge is 1.00 e. The first-order chi connectivity index (χ1) is 52.4. The molecule has 0 radical (unpaired) electrons. The van der Waals surface area contributed by atoms with Crippen LogP contribution >= 0.6 is 50.8 Å². The third-order valence-corrected chi connectivity index (χ3v) is 32.2. The molecule has 2 atom stereocenters. The van der Waals surface area contributed by atoms with E-state index in [0.29, 0.717) is 41.9 Å². The number of carbonyl (C=O) groups excluding carboxylic acids is 3. The van der Waals surface area contributed by atoms with E-state index in [4.69, 9.17) is 38.6 Å². The van der Waals surface area contributed by atoms with E-state index in [9.17, 15) is 9.59 Å². The number of aryl methyl sites for hydroxylation is 1. The maximum absolute atomic E-state index is 12.6. The standard InChI is InChI=1S/C30H28N2O2.C23H21BrN2O2.2C18H33P.CH2O3.2ClH.2Na.Pd.H/c1-20-9-3-4-10-23(20)29-16-15-22(18-31-29)17-21(2)32-30(33)34-19-28-26-13-7-5-11-24(26)25-12-6-8-14-27(25)28;1-15(12-16-10-11-22(24)25-13-16)26-23(27)28-14-21-19-8-4-2-6-17(19)18-7-3-5-9-20(18)21;2*1-4-10-16(11-5-1)19(17-12-6-2-7-13-17)18-14-8-3-9-15-18;2-1-4-3;;;;;;/h3-16,18,21,28H,17,19H2,1-2H3,(H,32,33);2-11,13,15,21H,12,14H2,1H3,(H,26,27);2*16-18H,1-15H2;1,3H;2*1H;;;;/q;;;;;;;2*+1;+2;-1/p-3/t21-;15-;;;;;;;;;/m11........./s1. The number of halogens is 3. The van der Waals surface area contributed by atoms with Crippen LogP contribution in [0.4, 0.5) is 9.59 Å². The molecular formula is C90H117BrCl2N4Na2O7P2Pd. The maximum Gasteiger partial charge on any atom is 1.00 e. The summed E-state index contributed by atoms with van der Waals surface area (Å²) < 4.78 is 12.1. The van der Waals surface area contributed by atoms with Crippen LogP contribution in [0.25, 0.3) is 33.5 Å². The van der Waals surface area contributed by atoms with Crippen LogP contribution in [0.5, 0.6) is 0 Å². The van der Waals surface area contributed by atoms with Crippen LogP contribution in [0.15, 0.2) is 163 Å². The van der Waals surface area contributed by atoms with Gasteiger partial charge in [0.2, 0.25) is 0 Å². The van der Waals surface area contributed by atoms with Gasteiger partial charge in [-0.3, -0.25) is 9.78 Å². The second kappa shape index (κ2) is 50.4. The fourth-order valence-electron chi connectivity index (χ4n) is 18.6. The Morgan fingerprint density at radius 3 is 1.01 bits per heavy atom. The van der Waals surface area contributed by atoms with E-state index in [1.807, 2.05) is 86.8 Å². The van der Waals surface area contributed by atoms with Gasteiger partial charge in [-0.15, -0.1) is 0 Å². The molecule has 0 aliphatic heterocycles. The van der Waals surface area contributed by atoms with Crippen molar-refractivity contribution in [2.24, 2.45) is 0 Å². The van der Waals surface area contributed by atoms with E-state index in [1.54, 1.807) is 160 Å². The predicted molar refractivity (Wildman–Crippen MR) is 444 cm³/mol. The third-order valence-electron chi connectivity index (χ3n) is 23.6. The molecule has 8 aliphatic rings. The number of nitrogens with one attached hydrogen (secondary N) is 2. The molecule has 19 heteroatoms. The Hall–Kier alpha value is -3.05. The van der Waals surface area contributed by atoms with Gasteiger partial charge in [-0.25, -0.2) is 14.6 Å². The summed E-state index contributed by atoms with van der Waals surface area (Å²) in [5.74, 6) is 0.135. The number of nitrogens with zero attached hydrogens (tertiary/aromatic N) is 2. The summed E-state index contributed by atoms with van der Waals surface area (Å²) in [5.41, 5.74) is 22.3. The second-order valence-electron chi connectivity index (χ2n) is 30.9. The number of aromatic nitrogens is 2. The molecule has 11 nitrogen and oxygen atoms in total. The van der Waals surface area contributed by atoms with Crippen molar-refractivity contribution in [3.8, 4) is 33.5 Å². The number of benzene rings is 5. The molecule has 109 heavy (non-hydrogen) atoms. The number of carbonyl (C=O) groups is 3. The Bertz CT molecular complexity index is 3560. The quantitative estimate of drug-likeness (QED) is 0.0214. The molecule has 2 heterocycles. The molecule has 582 valence electrons. The Labute approximate surface area is 725 Å². The number of fused-ring (bicyclic) bond motifs is 6. The molecule has 0 saturated heterocycles. The van der Waals surface area contributed by atoms with Crippen LogP contribution in [0.2, 0.25) is 0 Å². The van der Waals surface area contributed by atoms with E-state index < -0.39 is 0 Å². The molecule has 8 aliphatic carbocycles. The average Bonchev–Trinajstić information content (AvgIpc) is 1.61. The molecular weight excluding hydrogens is 1610 g/mol. The van der Waals surface area contributed by atoms with E-state index >= 15 is 0 Å². The van der Waals surface area contributed by atoms with Crippen LogP contribution in [-0.4, -0.2) is 87.9 Å². The van der Waals surface area contributed by atoms with Gasteiger partial charge in [0, 0.05) is 41.9 Å². The molecule has 2 N–H and O–H groups in total. The van der Waals surface area contributed by atoms with Gasteiger partial charge in [0.05, 0.1) is 5.69 Å². The maximum atomic E-state index is 12.6. The topological polar surface area (TPSA) is 152 Å². The van der Waals surface area contributed by atoms with Crippen LogP contribution in [0.1, 0.15) is 259 Å². The van der Waals surface area contributed by atoms with Gasteiger partial charge in [0.25, 0.3) is 6.47 Å². The van der Waals surface area contributed by atoms with E-state index in [2.05, 4.69) is 127 Å². The minimum Gasteiger partial charge on any atom is -1.00 e. The van der Waals surface area contributed by atoms with Crippen molar-refractivity contribution in [2.75, 3.05) is 13.2 Å². The molecule has 0 spiro atoms. The Morgan fingerprint density at radius 2 is 0.743 bits per heavy atom. The van der Waals surface area contributed by atoms with Crippen molar-refractivity contribution in [3.05, 3.63) is 202 Å². The van der Waals surface area contributed by atoms with Gasteiger partial charge in [0.15, 0.2) is 0 Å². The summed E-state index contributed by atoms with van der Waals surface area (Å²) in [7, 11) is 10.4. The molecule has 0 bridgehead atoms. The molecule has 7 aromatic rings. The fraction of sp³-hybridized carbons (Fsp3) is 0.522. The van der Waals surface area contributed by atoms with Crippen molar-refractivity contribution < 1.29 is 110 Å². The fourth-order valence-corrected chi connectivity index (χ4v) is 28.2.